The number of carbonyl (C=O) groups is 2. The van der Waals surface area contributed by atoms with Crippen molar-refractivity contribution in [1.82, 2.24) is 10.6 Å². The third-order valence-corrected chi connectivity index (χ3v) is 6.59. The van der Waals surface area contributed by atoms with E-state index >= 15 is 0 Å². The van der Waals surface area contributed by atoms with Crippen LogP contribution in [0.15, 0.2) is 66.7 Å². The van der Waals surface area contributed by atoms with Crippen LogP contribution in [0.25, 0.3) is 0 Å². The van der Waals surface area contributed by atoms with E-state index in [1.165, 1.54) is 6.92 Å². The number of benzene rings is 2. The third-order valence-electron chi connectivity index (χ3n) is 6.59. The molecule has 0 aliphatic carbocycles. The third kappa shape index (κ3) is 12.8. The van der Waals surface area contributed by atoms with Gasteiger partial charge in [0.15, 0.2) is 0 Å². The van der Waals surface area contributed by atoms with E-state index < -0.39 is 0 Å². The maximum Gasteiger partial charge on any atom is 0.338 e. The van der Waals surface area contributed by atoms with E-state index in [-0.39, 0.29) is 46.3 Å². The summed E-state index contributed by atoms with van der Waals surface area (Å²) in [7, 11) is 0. The van der Waals surface area contributed by atoms with E-state index in [0.717, 1.165) is 25.7 Å². The Labute approximate surface area is 236 Å². The van der Waals surface area contributed by atoms with E-state index in [9.17, 15) is 9.59 Å². The maximum absolute atomic E-state index is 12.1. The van der Waals surface area contributed by atoms with Gasteiger partial charge in [0.05, 0.1) is 5.56 Å². The lowest BCUT2D eigenvalue weighted by molar-refractivity contribution is -0.150. The number of esters is 2. The van der Waals surface area contributed by atoms with Gasteiger partial charge in [0.2, 0.25) is 0 Å². The Kier molecular flexibility index (Phi) is 11.3. The number of carbonyl (C=O) groups excluding carboxylic acids is 2. The highest BCUT2D eigenvalue weighted by Crippen LogP contribution is 2.31. The maximum atomic E-state index is 12.1. The zero-order chi connectivity index (χ0) is 29.3. The Morgan fingerprint density at radius 1 is 0.590 bits per heavy atom. The first-order valence-corrected chi connectivity index (χ1v) is 14.0. The zero-order valence-corrected chi connectivity index (χ0v) is 25.5. The molecular formula is C33H50N2O4. The fourth-order valence-corrected chi connectivity index (χ4v) is 6.04. The lowest BCUT2D eigenvalue weighted by atomic mass is 9.81. The van der Waals surface area contributed by atoms with Crippen LogP contribution in [-0.2, 0) is 14.3 Å². The number of ether oxygens (including phenoxy) is 2. The minimum absolute atomic E-state index is 0.0105. The molecule has 2 aliphatic rings. The summed E-state index contributed by atoms with van der Waals surface area (Å²) in [5.74, 6) is -0.400. The van der Waals surface area contributed by atoms with Crippen LogP contribution in [0.2, 0.25) is 0 Å². The number of piperidine rings is 2. The highest BCUT2D eigenvalue weighted by Gasteiger charge is 2.40. The Morgan fingerprint density at radius 2 is 0.897 bits per heavy atom. The molecule has 0 aromatic heterocycles. The summed E-state index contributed by atoms with van der Waals surface area (Å²) in [5, 5.41) is 7.13. The van der Waals surface area contributed by atoms with Crippen molar-refractivity contribution in [1.29, 1.82) is 0 Å². The van der Waals surface area contributed by atoms with Crippen molar-refractivity contribution in [2.75, 3.05) is 0 Å². The number of hydrogen-bond donors (Lipinski definition) is 2. The molecule has 0 radical (unpaired) electrons. The van der Waals surface area contributed by atoms with Gasteiger partial charge in [-0.3, -0.25) is 4.79 Å². The smallest absolute Gasteiger partial charge is 0.338 e. The summed E-state index contributed by atoms with van der Waals surface area (Å²) >= 11 is 0. The molecule has 2 aromatic carbocycles. The molecule has 2 aromatic rings. The second kappa shape index (κ2) is 13.6. The van der Waals surface area contributed by atoms with Gasteiger partial charge in [0.1, 0.15) is 12.2 Å². The molecule has 0 spiro atoms. The summed E-state index contributed by atoms with van der Waals surface area (Å²) in [5.41, 5.74) is 0.688. The Hall–Kier alpha value is -2.70. The van der Waals surface area contributed by atoms with E-state index in [1.807, 2.05) is 54.6 Å². The highest BCUT2D eigenvalue weighted by molar-refractivity contribution is 5.89. The summed E-state index contributed by atoms with van der Waals surface area (Å²) in [6.45, 7) is 18.6. The van der Waals surface area contributed by atoms with Crippen LogP contribution in [0.4, 0.5) is 0 Å². The van der Waals surface area contributed by atoms with E-state index in [1.54, 1.807) is 12.1 Å². The molecule has 2 fully saturated rings. The SMILES string of the molecule is CC(=O)OC1CC(C)(C)NC(C)(C)C1.CC1(C)CC(OC(=O)c2ccccc2)CC(C)(C)N1.c1ccccc1. The van der Waals surface area contributed by atoms with Crippen molar-refractivity contribution >= 4 is 11.9 Å². The van der Waals surface area contributed by atoms with Gasteiger partial charge in [-0.1, -0.05) is 54.6 Å². The van der Waals surface area contributed by atoms with Crippen LogP contribution in [0.5, 0.6) is 0 Å². The molecule has 4 rings (SSSR count). The highest BCUT2D eigenvalue weighted by atomic mass is 16.5. The normalized spacial score (nSPS) is 21.2. The van der Waals surface area contributed by atoms with Crippen LogP contribution < -0.4 is 10.6 Å². The molecule has 216 valence electrons. The zero-order valence-electron chi connectivity index (χ0n) is 25.5. The molecule has 0 bridgehead atoms. The second-order valence-corrected chi connectivity index (χ2v) is 13.4. The number of nitrogens with one attached hydrogen (secondary N) is 2. The largest absolute Gasteiger partial charge is 0.462 e. The van der Waals surface area contributed by atoms with Gasteiger partial charge in [-0.2, -0.15) is 0 Å². The second-order valence-electron chi connectivity index (χ2n) is 13.4. The average molecular weight is 539 g/mol. The number of rotatable bonds is 3. The summed E-state index contributed by atoms with van der Waals surface area (Å²) in [6.07, 6.45) is 3.48. The Bertz CT molecular complexity index is 973. The van der Waals surface area contributed by atoms with Crippen molar-refractivity contribution in [3.63, 3.8) is 0 Å². The van der Waals surface area contributed by atoms with Gasteiger partial charge in [-0.15, -0.1) is 0 Å². The van der Waals surface area contributed by atoms with Gasteiger partial charge in [0, 0.05) is 54.8 Å². The summed E-state index contributed by atoms with van der Waals surface area (Å²) in [4.78, 5) is 23.0. The van der Waals surface area contributed by atoms with Gasteiger partial charge in [-0.05, 0) is 67.5 Å². The van der Waals surface area contributed by atoms with Gasteiger partial charge in [-0.25, -0.2) is 4.79 Å². The molecular weight excluding hydrogens is 488 g/mol. The van der Waals surface area contributed by atoms with Crippen molar-refractivity contribution in [2.24, 2.45) is 0 Å². The molecule has 0 amide bonds. The molecule has 2 saturated heterocycles. The molecule has 2 heterocycles. The van der Waals surface area contributed by atoms with E-state index in [4.69, 9.17) is 9.47 Å². The molecule has 0 unspecified atom stereocenters. The predicted molar refractivity (Wildman–Crippen MR) is 159 cm³/mol. The summed E-state index contributed by atoms with van der Waals surface area (Å²) < 4.78 is 11.0. The predicted octanol–water partition coefficient (Wildman–Crippen LogP) is 6.70. The molecule has 6 nitrogen and oxygen atoms in total. The van der Waals surface area contributed by atoms with Crippen molar-refractivity contribution in [2.45, 2.75) is 122 Å². The first kappa shape index (κ1) is 32.5. The van der Waals surface area contributed by atoms with E-state index in [0.29, 0.717) is 5.56 Å². The molecule has 2 N–H and O–H groups in total. The minimum Gasteiger partial charge on any atom is -0.462 e. The van der Waals surface area contributed by atoms with Crippen molar-refractivity contribution < 1.29 is 19.1 Å². The quantitative estimate of drug-likeness (QED) is 0.424. The number of hydrogen-bond acceptors (Lipinski definition) is 6. The first-order chi connectivity index (χ1) is 18.0. The summed E-state index contributed by atoms with van der Waals surface area (Å²) in [6, 6.07) is 21.2. The van der Waals surface area contributed by atoms with Crippen molar-refractivity contribution in [3.05, 3.63) is 72.3 Å². The van der Waals surface area contributed by atoms with Crippen molar-refractivity contribution in [3.8, 4) is 0 Å². The minimum atomic E-state index is -0.223. The van der Waals surface area contributed by atoms with E-state index in [2.05, 4.69) is 66.0 Å². The topological polar surface area (TPSA) is 76.7 Å². The van der Waals surface area contributed by atoms with Gasteiger partial charge in [0.25, 0.3) is 0 Å². The van der Waals surface area contributed by atoms with Gasteiger partial charge >= 0.3 is 11.9 Å². The molecule has 0 atom stereocenters. The molecule has 0 saturated carbocycles. The first-order valence-electron chi connectivity index (χ1n) is 14.0. The van der Waals surface area contributed by atoms with Gasteiger partial charge < -0.3 is 20.1 Å². The molecule has 39 heavy (non-hydrogen) atoms. The average Bonchev–Trinajstić information content (AvgIpc) is 2.77. The van der Waals surface area contributed by atoms with Crippen LogP contribution in [-0.4, -0.2) is 46.3 Å². The fraction of sp³-hybridized carbons (Fsp3) is 0.576. The molecule has 6 heteroatoms. The van der Waals surface area contributed by atoms with Crippen LogP contribution >= 0.6 is 0 Å². The lowest BCUT2D eigenvalue weighted by Gasteiger charge is -2.45. The lowest BCUT2D eigenvalue weighted by Crippen LogP contribution is -2.59. The van der Waals surface area contributed by atoms with Crippen LogP contribution in [0.1, 0.15) is 98.4 Å². The Balaban J connectivity index is 0.000000232. The molecule has 2 aliphatic heterocycles. The van der Waals surface area contributed by atoms with Crippen LogP contribution in [0, 0.1) is 0 Å². The Morgan fingerprint density at radius 3 is 1.23 bits per heavy atom. The fourth-order valence-electron chi connectivity index (χ4n) is 6.04. The standard InChI is InChI=1S/C16H23NO2.C11H21NO2.C6H6/c1-15(2)10-13(11-16(3,4)17-15)19-14(18)12-8-6-5-7-9-12;1-8(13)14-9-6-10(2,3)12-11(4,5)7-9;1-2-4-6-5-3-1/h5-9,13,17H,10-11H2,1-4H3;9,12H,6-7H2,1-5H3;1-6H. The van der Waals surface area contributed by atoms with Crippen LogP contribution in [0.3, 0.4) is 0 Å². The monoisotopic (exact) mass is 538 g/mol.